The SMILES string of the molecule is COc1ccc(C)cc1NC(=O)C1CCCN(S(=O)(=O)Cc2ccccc2)C1. The van der Waals surface area contributed by atoms with Gasteiger partial charge in [0.25, 0.3) is 0 Å². The van der Waals surface area contributed by atoms with E-state index in [2.05, 4.69) is 5.32 Å². The maximum absolute atomic E-state index is 12.8. The number of hydrogen-bond donors (Lipinski definition) is 1. The molecule has 0 radical (unpaired) electrons. The molecule has 0 spiro atoms. The second kappa shape index (κ2) is 8.75. The first-order chi connectivity index (χ1) is 13.4. The smallest absolute Gasteiger partial charge is 0.228 e. The molecule has 1 saturated heterocycles. The largest absolute Gasteiger partial charge is 0.495 e. The van der Waals surface area contributed by atoms with Crippen LogP contribution in [-0.2, 0) is 20.6 Å². The minimum absolute atomic E-state index is 0.0477. The normalized spacial score (nSPS) is 17.9. The summed E-state index contributed by atoms with van der Waals surface area (Å²) < 4.78 is 32.4. The Morgan fingerprint density at radius 2 is 1.96 bits per heavy atom. The van der Waals surface area contributed by atoms with Crippen LogP contribution in [0.4, 0.5) is 5.69 Å². The second-order valence-electron chi connectivity index (χ2n) is 7.13. The minimum atomic E-state index is -3.47. The van der Waals surface area contributed by atoms with E-state index in [0.717, 1.165) is 11.1 Å². The molecule has 1 fully saturated rings. The Hall–Kier alpha value is -2.38. The van der Waals surface area contributed by atoms with E-state index in [4.69, 9.17) is 4.74 Å². The number of hydrogen-bond acceptors (Lipinski definition) is 4. The van der Waals surface area contributed by atoms with Gasteiger partial charge in [-0.3, -0.25) is 4.79 Å². The van der Waals surface area contributed by atoms with Crippen molar-refractivity contribution in [1.29, 1.82) is 0 Å². The van der Waals surface area contributed by atoms with E-state index in [1.807, 2.05) is 43.3 Å². The summed E-state index contributed by atoms with van der Waals surface area (Å²) in [6.45, 7) is 2.59. The van der Waals surface area contributed by atoms with E-state index in [1.165, 1.54) is 4.31 Å². The molecule has 6 nitrogen and oxygen atoms in total. The number of carbonyl (C=O) groups is 1. The van der Waals surface area contributed by atoms with Crippen LogP contribution in [-0.4, -0.2) is 38.8 Å². The van der Waals surface area contributed by atoms with Crippen molar-refractivity contribution < 1.29 is 17.9 Å². The van der Waals surface area contributed by atoms with Crippen LogP contribution in [0.1, 0.15) is 24.0 Å². The van der Waals surface area contributed by atoms with E-state index < -0.39 is 10.0 Å². The molecule has 1 heterocycles. The second-order valence-corrected chi connectivity index (χ2v) is 9.10. The molecule has 28 heavy (non-hydrogen) atoms. The number of benzene rings is 2. The third kappa shape index (κ3) is 4.91. The van der Waals surface area contributed by atoms with Crippen LogP contribution in [0.5, 0.6) is 5.75 Å². The van der Waals surface area contributed by atoms with Gasteiger partial charge in [0.05, 0.1) is 24.5 Å². The third-order valence-electron chi connectivity index (χ3n) is 4.95. The molecule has 0 bridgehead atoms. The highest BCUT2D eigenvalue weighted by Crippen LogP contribution is 2.28. The van der Waals surface area contributed by atoms with Gasteiger partial charge in [-0.15, -0.1) is 0 Å². The fourth-order valence-electron chi connectivity index (χ4n) is 3.44. The number of methoxy groups -OCH3 is 1. The average Bonchev–Trinajstić information content (AvgIpc) is 2.69. The van der Waals surface area contributed by atoms with Gasteiger partial charge in [0.15, 0.2) is 0 Å². The maximum atomic E-state index is 12.8. The first kappa shape index (κ1) is 20.4. The van der Waals surface area contributed by atoms with Crippen molar-refractivity contribution in [2.75, 3.05) is 25.5 Å². The first-order valence-electron chi connectivity index (χ1n) is 9.36. The molecule has 1 N–H and O–H groups in total. The molecule has 1 aliphatic heterocycles. The summed E-state index contributed by atoms with van der Waals surface area (Å²) in [5.74, 6) is -0.0233. The van der Waals surface area contributed by atoms with Gasteiger partial charge in [-0.2, -0.15) is 0 Å². The van der Waals surface area contributed by atoms with Gasteiger partial charge in [0.1, 0.15) is 5.75 Å². The molecule has 3 rings (SSSR count). The van der Waals surface area contributed by atoms with Crippen molar-refractivity contribution in [3.05, 3.63) is 59.7 Å². The quantitative estimate of drug-likeness (QED) is 0.805. The van der Waals surface area contributed by atoms with Gasteiger partial charge < -0.3 is 10.1 Å². The number of nitrogens with one attached hydrogen (secondary N) is 1. The summed E-state index contributed by atoms with van der Waals surface area (Å²) in [5.41, 5.74) is 2.36. The number of piperidine rings is 1. The molecular formula is C21H26N2O4S. The zero-order valence-corrected chi connectivity index (χ0v) is 17.0. The highest BCUT2D eigenvalue weighted by molar-refractivity contribution is 7.88. The predicted molar refractivity (Wildman–Crippen MR) is 110 cm³/mol. The molecule has 1 aliphatic rings. The number of aryl methyl sites for hydroxylation is 1. The van der Waals surface area contributed by atoms with Crippen molar-refractivity contribution in [3.63, 3.8) is 0 Å². The summed E-state index contributed by atoms with van der Waals surface area (Å²) >= 11 is 0. The zero-order chi connectivity index (χ0) is 20.1. The molecular weight excluding hydrogens is 376 g/mol. The van der Waals surface area contributed by atoms with E-state index in [1.54, 1.807) is 19.2 Å². The maximum Gasteiger partial charge on any atom is 0.228 e. The summed E-state index contributed by atoms with van der Waals surface area (Å²) in [6.07, 6.45) is 1.33. The number of ether oxygens (including phenoxy) is 1. The zero-order valence-electron chi connectivity index (χ0n) is 16.2. The predicted octanol–water partition coefficient (Wildman–Crippen LogP) is 3.18. The number of sulfonamides is 1. The Labute approximate surface area is 166 Å². The fourth-order valence-corrected chi connectivity index (χ4v) is 5.05. The Morgan fingerprint density at radius 1 is 1.21 bits per heavy atom. The molecule has 2 aromatic carbocycles. The summed E-state index contributed by atoms with van der Waals surface area (Å²) in [5, 5.41) is 2.91. The Kier molecular flexibility index (Phi) is 6.36. The van der Waals surface area contributed by atoms with Gasteiger partial charge >= 0.3 is 0 Å². The van der Waals surface area contributed by atoms with E-state index in [0.29, 0.717) is 30.8 Å². The lowest BCUT2D eigenvalue weighted by Crippen LogP contribution is -2.44. The van der Waals surface area contributed by atoms with E-state index in [-0.39, 0.29) is 24.1 Å². The van der Waals surface area contributed by atoms with Crippen LogP contribution < -0.4 is 10.1 Å². The number of amides is 1. The summed E-state index contributed by atoms with van der Waals surface area (Å²) in [4.78, 5) is 12.8. The Morgan fingerprint density at radius 3 is 2.68 bits per heavy atom. The molecule has 1 amide bonds. The van der Waals surface area contributed by atoms with Crippen LogP contribution >= 0.6 is 0 Å². The summed E-state index contributed by atoms with van der Waals surface area (Å²) in [7, 11) is -1.91. The highest BCUT2D eigenvalue weighted by atomic mass is 32.2. The lowest BCUT2D eigenvalue weighted by molar-refractivity contribution is -0.120. The van der Waals surface area contributed by atoms with Crippen molar-refractivity contribution in [2.45, 2.75) is 25.5 Å². The highest BCUT2D eigenvalue weighted by Gasteiger charge is 2.32. The fraction of sp³-hybridized carbons (Fsp3) is 0.381. The summed E-state index contributed by atoms with van der Waals surface area (Å²) in [6, 6.07) is 14.7. The first-order valence-corrected chi connectivity index (χ1v) is 11.0. The molecule has 2 aromatic rings. The van der Waals surface area contributed by atoms with Crippen molar-refractivity contribution >= 4 is 21.6 Å². The number of nitrogens with zero attached hydrogens (tertiary/aromatic N) is 1. The topological polar surface area (TPSA) is 75.7 Å². The van der Waals surface area contributed by atoms with Gasteiger partial charge in [-0.25, -0.2) is 12.7 Å². The van der Waals surface area contributed by atoms with Gasteiger partial charge in [-0.1, -0.05) is 36.4 Å². The van der Waals surface area contributed by atoms with Crippen LogP contribution in [0.25, 0.3) is 0 Å². The van der Waals surface area contributed by atoms with E-state index in [9.17, 15) is 13.2 Å². The number of carbonyl (C=O) groups excluding carboxylic acids is 1. The van der Waals surface area contributed by atoms with E-state index >= 15 is 0 Å². The van der Waals surface area contributed by atoms with Crippen molar-refractivity contribution in [1.82, 2.24) is 4.31 Å². The lowest BCUT2D eigenvalue weighted by atomic mass is 9.98. The Balaban J connectivity index is 1.69. The molecule has 0 aliphatic carbocycles. The number of rotatable bonds is 6. The Bertz CT molecular complexity index is 929. The average molecular weight is 403 g/mol. The van der Waals surface area contributed by atoms with Gasteiger partial charge in [0.2, 0.25) is 15.9 Å². The van der Waals surface area contributed by atoms with Crippen LogP contribution in [0.2, 0.25) is 0 Å². The van der Waals surface area contributed by atoms with Gasteiger partial charge in [0, 0.05) is 13.1 Å². The van der Waals surface area contributed by atoms with Crippen LogP contribution in [0, 0.1) is 12.8 Å². The van der Waals surface area contributed by atoms with Crippen LogP contribution in [0.15, 0.2) is 48.5 Å². The lowest BCUT2D eigenvalue weighted by Gasteiger charge is -2.31. The third-order valence-corrected chi connectivity index (χ3v) is 6.77. The molecule has 1 unspecified atom stereocenters. The monoisotopic (exact) mass is 402 g/mol. The molecule has 0 saturated carbocycles. The van der Waals surface area contributed by atoms with Crippen molar-refractivity contribution in [3.8, 4) is 5.75 Å². The minimum Gasteiger partial charge on any atom is -0.495 e. The molecule has 150 valence electrons. The van der Waals surface area contributed by atoms with Crippen LogP contribution in [0.3, 0.4) is 0 Å². The number of anilines is 1. The molecule has 7 heteroatoms. The molecule has 1 atom stereocenters. The molecule has 0 aromatic heterocycles. The van der Waals surface area contributed by atoms with Gasteiger partial charge in [-0.05, 0) is 43.0 Å². The standard InChI is InChI=1S/C21H26N2O4S/c1-16-10-11-20(27-2)19(13-16)22-21(24)18-9-6-12-23(14-18)28(25,26)15-17-7-4-3-5-8-17/h3-5,7-8,10-11,13,18H,6,9,12,14-15H2,1-2H3,(H,22,24). The van der Waals surface area contributed by atoms with Crippen molar-refractivity contribution in [2.24, 2.45) is 5.92 Å².